The van der Waals surface area contributed by atoms with E-state index in [-0.39, 0.29) is 12.0 Å². The topological polar surface area (TPSA) is 38.3 Å². The second kappa shape index (κ2) is 7.70. The SMILES string of the molecule is CCOC(=O)C(NC1CCCC1)C(CC)CC. The Balaban J connectivity index is 2.59. The maximum atomic E-state index is 12.0. The maximum Gasteiger partial charge on any atom is 0.323 e. The van der Waals surface area contributed by atoms with Gasteiger partial charge in [-0.15, -0.1) is 0 Å². The van der Waals surface area contributed by atoms with Crippen LogP contribution in [-0.2, 0) is 9.53 Å². The molecule has 1 rings (SSSR count). The molecule has 3 nitrogen and oxygen atoms in total. The average Bonchev–Trinajstić information content (AvgIpc) is 2.82. The Hall–Kier alpha value is -0.570. The molecule has 0 aromatic heterocycles. The lowest BCUT2D eigenvalue weighted by molar-refractivity contribution is -0.147. The standard InChI is InChI=1S/C14H27NO2/c1-4-11(5-2)13(14(16)17-6-3)15-12-9-7-8-10-12/h11-13,15H,4-10H2,1-3H3. The molecule has 3 heteroatoms. The molecule has 1 unspecified atom stereocenters. The van der Waals surface area contributed by atoms with Crippen LogP contribution in [0.15, 0.2) is 0 Å². The summed E-state index contributed by atoms with van der Waals surface area (Å²) in [6.07, 6.45) is 7.04. The van der Waals surface area contributed by atoms with Crippen LogP contribution in [-0.4, -0.2) is 24.7 Å². The van der Waals surface area contributed by atoms with Crippen LogP contribution in [0, 0.1) is 5.92 Å². The van der Waals surface area contributed by atoms with Crippen LogP contribution in [0.1, 0.15) is 59.3 Å². The van der Waals surface area contributed by atoms with Crippen molar-refractivity contribution in [2.75, 3.05) is 6.61 Å². The summed E-state index contributed by atoms with van der Waals surface area (Å²) >= 11 is 0. The van der Waals surface area contributed by atoms with Gasteiger partial charge in [0.2, 0.25) is 0 Å². The Kier molecular flexibility index (Phi) is 6.56. The van der Waals surface area contributed by atoms with Crippen LogP contribution >= 0.6 is 0 Å². The van der Waals surface area contributed by atoms with Gasteiger partial charge in [0, 0.05) is 6.04 Å². The van der Waals surface area contributed by atoms with Gasteiger partial charge in [0.15, 0.2) is 0 Å². The number of nitrogens with one attached hydrogen (secondary N) is 1. The fourth-order valence-electron chi connectivity index (χ4n) is 2.74. The third-order valence-corrected chi connectivity index (χ3v) is 3.83. The van der Waals surface area contributed by atoms with Crippen molar-refractivity contribution in [2.45, 2.75) is 71.4 Å². The predicted molar refractivity (Wildman–Crippen MR) is 69.9 cm³/mol. The van der Waals surface area contributed by atoms with Crippen molar-refractivity contribution in [1.29, 1.82) is 0 Å². The Morgan fingerprint density at radius 3 is 2.29 bits per heavy atom. The Labute approximate surface area is 105 Å². The first-order valence-electron chi connectivity index (χ1n) is 7.15. The van der Waals surface area contributed by atoms with Crippen LogP contribution in [0.3, 0.4) is 0 Å². The van der Waals surface area contributed by atoms with E-state index in [9.17, 15) is 4.79 Å². The summed E-state index contributed by atoms with van der Waals surface area (Å²) in [5.41, 5.74) is 0. The molecule has 100 valence electrons. The molecule has 0 amide bonds. The maximum absolute atomic E-state index is 12.0. The van der Waals surface area contributed by atoms with Gasteiger partial charge in [-0.2, -0.15) is 0 Å². The lowest BCUT2D eigenvalue weighted by Crippen LogP contribution is -2.47. The van der Waals surface area contributed by atoms with Gasteiger partial charge in [-0.05, 0) is 25.7 Å². The van der Waals surface area contributed by atoms with Gasteiger partial charge in [0.25, 0.3) is 0 Å². The molecule has 1 N–H and O–H groups in total. The van der Waals surface area contributed by atoms with Gasteiger partial charge in [-0.3, -0.25) is 4.79 Å². The van der Waals surface area contributed by atoms with Crippen LogP contribution in [0.2, 0.25) is 0 Å². The molecule has 1 atom stereocenters. The molecule has 17 heavy (non-hydrogen) atoms. The zero-order chi connectivity index (χ0) is 12.7. The van der Waals surface area contributed by atoms with E-state index in [2.05, 4.69) is 19.2 Å². The van der Waals surface area contributed by atoms with Gasteiger partial charge in [-0.25, -0.2) is 0 Å². The van der Waals surface area contributed by atoms with Gasteiger partial charge in [0.1, 0.15) is 6.04 Å². The summed E-state index contributed by atoms with van der Waals surface area (Å²) in [6, 6.07) is 0.415. The van der Waals surface area contributed by atoms with Crippen molar-refractivity contribution in [2.24, 2.45) is 5.92 Å². The van der Waals surface area contributed by atoms with Crippen LogP contribution in [0.5, 0.6) is 0 Å². The van der Waals surface area contributed by atoms with Crippen molar-refractivity contribution < 1.29 is 9.53 Å². The highest BCUT2D eigenvalue weighted by atomic mass is 16.5. The molecule has 0 aromatic rings. The Morgan fingerprint density at radius 1 is 1.24 bits per heavy atom. The smallest absolute Gasteiger partial charge is 0.323 e. The summed E-state index contributed by atoms with van der Waals surface area (Å²) in [5, 5.41) is 3.53. The van der Waals surface area contributed by atoms with Crippen molar-refractivity contribution >= 4 is 5.97 Å². The first kappa shape index (κ1) is 14.5. The summed E-state index contributed by atoms with van der Waals surface area (Å²) in [6.45, 7) is 6.65. The molecule has 0 spiro atoms. The highest BCUT2D eigenvalue weighted by Gasteiger charge is 2.30. The number of hydrogen-bond acceptors (Lipinski definition) is 3. The predicted octanol–water partition coefficient (Wildman–Crippen LogP) is 2.89. The van der Waals surface area contributed by atoms with Crippen LogP contribution < -0.4 is 5.32 Å². The highest BCUT2D eigenvalue weighted by Crippen LogP contribution is 2.22. The monoisotopic (exact) mass is 241 g/mol. The molecular weight excluding hydrogens is 214 g/mol. The summed E-state index contributed by atoms with van der Waals surface area (Å²) in [4.78, 5) is 12.0. The largest absolute Gasteiger partial charge is 0.465 e. The lowest BCUT2D eigenvalue weighted by Gasteiger charge is -2.27. The first-order chi connectivity index (χ1) is 8.22. The quantitative estimate of drug-likeness (QED) is 0.697. The van der Waals surface area contributed by atoms with E-state index < -0.39 is 0 Å². The van der Waals surface area contributed by atoms with Crippen molar-refractivity contribution in [3.63, 3.8) is 0 Å². The second-order valence-corrected chi connectivity index (χ2v) is 4.95. The fourth-order valence-corrected chi connectivity index (χ4v) is 2.74. The zero-order valence-corrected chi connectivity index (χ0v) is 11.5. The lowest BCUT2D eigenvalue weighted by atomic mass is 9.93. The minimum atomic E-state index is -0.104. The molecule has 0 bridgehead atoms. The van der Waals surface area contributed by atoms with E-state index >= 15 is 0 Å². The molecule has 1 aliphatic rings. The van der Waals surface area contributed by atoms with Gasteiger partial charge >= 0.3 is 5.97 Å². The van der Waals surface area contributed by atoms with Crippen molar-refractivity contribution in [1.82, 2.24) is 5.32 Å². The highest BCUT2D eigenvalue weighted by molar-refractivity contribution is 5.76. The minimum Gasteiger partial charge on any atom is -0.465 e. The zero-order valence-electron chi connectivity index (χ0n) is 11.5. The molecule has 1 fully saturated rings. The number of ether oxygens (including phenoxy) is 1. The van der Waals surface area contributed by atoms with Crippen LogP contribution in [0.4, 0.5) is 0 Å². The normalized spacial score (nSPS) is 18.6. The van der Waals surface area contributed by atoms with Gasteiger partial charge in [-0.1, -0.05) is 39.5 Å². The third-order valence-electron chi connectivity index (χ3n) is 3.83. The molecule has 0 aromatic carbocycles. The van der Waals surface area contributed by atoms with E-state index in [1.807, 2.05) is 6.92 Å². The summed E-state index contributed by atoms with van der Waals surface area (Å²) < 4.78 is 5.20. The van der Waals surface area contributed by atoms with Crippen molar-refractivity contribution in [3.8, 4) is 0 Å². The van der Waals surface area contributed by atoms with E-state index in [4.69, 9.17) is 4.74 Å². The van der Waals surface area contributed by atoms with Gasteiger partial charge < -0.3 is 10.1 Å². The molecule has 1 saturated carbocycles. The third kappa shape index (κ3) is 4.30. The van der Waals surface area contributed by atoms with Crippen LogP contribution in [0.25, 0.3) is 0 Å². The van der Waals surface area contributed by atoms with E-state index in [0.29, 0.717) is 18.6 Å². The van der Waals surface area contributed by atoms with Gasteiger partial charge in [0.05, 0.1) is 6.61 Å². The Morgan fingerprint density at radius 2 is 1.82 bits per heavy atom. The Bertz CT molecular complexity index is 220. The molecule has 1 aliphatic carbocycles. The van der Waals surface area contributed by atoms with E-state index in [1.54, 1.807) is 0 Å². The summed E-state index contributed by atoms with van der Waals surface area (Å²) in [7, 11) is 0. The van der Waals surface area contributed by atoms with Crippen molar-refractivity contribution in [3.05, 3.63) is 0 Å². The molecule has 0 heterocycles. The molecule has 0 aliphatic heterocycles. The first-order valence-corrected chi connectivity index (χ1v) is 7.15. The average molecular weight is 241 g/mol. The fraction of sp³-hybridized carbons (Fsp3) is 0.929. The number of carbonyl (C=O) groups is 1. The van der Waals surface area contributed by atoms with E-state index in [1.165, 1.54) is 25.7 Å². The minimum absolute atomic E-state index is 0.0619. The number of rotatable bonds is 7. The second-order valence-electron chi connectivity index (χ2n) is 4.95. The molecular formula is C14H27NO2. The number of esters is 1. The number of hydrogen-bond donors (Lipinski definition) is 1. The summed E-state index contributed by atoms with van der Waals surface area (Å²) in [5.74, 6) is 0.336. The molecule has 0 radical (unpaired) electrons. The van der Waals surface area contributed by atoms with E-state index in [0.717, 1.165) is 12.8 Å². The molecule has 0 saturated heterocycles. The number of carbonyl (C=O) groups excluding carboxylic acids is 1.